The van der Waals surface area contributed by atoms with Crippen LogP contribution in [0.1, 0.15) is 60.5 Å². The molecule has 0 aromatic carbocycles. The van der Waals surface area contributed by atoms with E-state index in [-0.39, 0.29) is 0 Å². The summed E-state index contributed by atoms with van der Waals surface area (Å²) in [4.78, 5) is 7.08. The standard InChI is InChI=1S/C21H27N7/c1-16-4-2-9-22-19(16)14-26-12-7-17(8-13-26)21-25-24-20(28(21)18-5-6-18)15-27-11-3-10-23-27/h2-4,9-11,17-18H,5-8,12-15H2,1H3. The van der Waals surface area contributed by atoms with Crippen LogP contribution in [0.25, 0.3) is 0 Å². The molecule has 146 valence electrons. The van der Waals surface area contributed by atoms with Gasteiger partial charge in [-0.25, -0.2) is 0 Å². The Morgan fingerprint density at radius 3 is 2.57 bits per heavy atom. The summed E-state index contributed by atoms with van der Waals surface area (Å²) in [5, 5.41) is 13.5. The number of piperidine rings is 1. The highest BCUT2D eigenvalue weighted by molar-refractivity contribution is 5.17. The summed E-state index contributed by atoms with van der Waals surface area (Å²) < 4.78 is 4.36. The highest BCUT2D eigenvalue weighted by atomic mass is 15.3. The first kappa shape index (κ1) is 17.6. The van der Waals surface area contributed by atoms with Gasteiger partial charge in [0.05, 0.1) is 5.69 Å². The zero-order valence-corrected chi connectivity index (χ0v) is 16.4. The highest BCUT2D eigenvalue weighted by Gasteiger charge is 2.33. The fourth-order valence-electron chi connectivity index (χ4n) is 4.24. The van der Waals surface area contributed by atoms with Crippen molar-refractivity contribution in [2.45, 2.75) is 57.7 Å². The molecule has 1 aliphatic heterocycles. The van der Waals surface area contributed by atoms with Crippen LogP contribution >= 0.6 is 0 Å². The van der Waals surface area contributed by atoms with E-state index < -0.39 is 0 Å². The lowest BCUT2D eigenvalue weighted by Gasteiger charge is -2.31. The minimum absolute atomic E-state index is 0.501. The molecule has 7 heteroatoms. The van der Waals surface area contributed by atoms with Crippen LogP contribution in [0, 0.1) is 6.92 Å². The second-order valence-corrected chi connectivity index (χ2v) is 8.10. The molecule has 1 saturated carbocycles. The summed E-state index contributed by atoms with van der Waals surface area (Å²) in [6, 6.07) is 6.70. The predicted molar refractivity (Wildman–Crippen MR) is 106 cm³/mol. The molecule has 4 heterocycles. The maximum absolute atomic E-state index is 4.65. The van der Waals surface area contributed by atoms with Crippen LogP contribution in [-0.4, -0.2) is 47.5 Å². The monoisotopic (exact) mass is 377 g/mol. The molecule has 28 heavy (non-hydrogen) atoms. The fraction of sp³-hybridized carbons (Fsp3) is 0.524. The zero-order valence-electron chi connectivity index (χ0n) is 16.4. The van der Waals surface area contributed by atoms with Crippen LogP contribution in [0.15, 0.2) is 36.8 Å². The van der Waals surface area contributed by atoms with Gasteiger partial charge in [-0.1, -0.05) is 6.07 Å². The Hall–Kier alpha value is -2.54. The second-order valence-electron chi connectivity index (χ2n) is 8.10. The summed E-state index contributed by atoms with van der Waals surface area (Å²) >= 11 is 0. The van der Waals surface area contributed by atoms with Crippen molar-refractivity contribution in [3.8, 4) is 0 Å². The number of aromatic nitrogens is 6. The van der Waals surface area contributed by atoms with E-state index in [4.69, 9.17) is 0 Å². The topological polar surface area (TPSA) is 64.7 Å². The first-order valence-electron chi connectivity index (χ1n) is 10.3. The number of hydrogen-bond acceptors (Lipinski definition) is 5. The summed E-state index contributed by atoms with van der Waals surface area (Å²) in [6.45, 7) is 5.97. The minimum atomic E-state index is 0.501. The quantitative estimate of drug-likeness (QED) is 0.661. The van der Waals surface area contributed by atoms with Gasteiger partial charge >= 0.3 is 0 Å². The van der Waals surface area contributed by atoms with E-state index in [9.17, 15) is 0 Å². The molecule has 0 N–H and O–H groups in total. The van der Waals surface area contributed by atoms with Crippen molar-refractivity contribution in [2.24, 2.45) is 0 Å². The molecule has 5 rings (SSSR count). The summed E-state index contributed by atoms with van der Waals surface area (Å²) in [5.74, 6) is 2.74. The molecule has 1 aliphatic carbocycles. The summed E-state index contributed by atoms with van der Waals surface area (Å²) in [5.41, 5.74) is 2.48. The fourth-order valence-corrected chi connectivity index (χ4v) is 4.24. The van der Waals surface area contributed by atoms with Crippen molar-refractivity contribution in [3.63, 3.8) is 0 Å². The Kier molecular flexibility index (Phi) is 4.68. The maximum Gasteiger partial charge on any atom is 0.155 e. The van der Waals surface area contributed by atoms with Crippen LogP contribution < -0.4 is 0 Å². The van der Waals surface area contributed by atoms with Crippen molar-refractivity contribution in [3.05, 3.63) is 59.7 Å². The predicted octanol–water partition coefficient (Wildman–Crippen LogP) is 2.94. The van der Waals surface area contributed by atoms with Gasteiger partial charge in [-0.15, -0.1) is 10.2 Å². The van der Waals surface area contributed by atoms with Gasteiger partial charge in [-0.3, -0.25) is 14.6 Å². The van der Waals surface area contributed by atoms with Gasteiger partial charge < -0.3 is 4.57 Å². The summed E-state index contributed by atoms with van der Waals surface area (Å²) in [7, 11) is 0. The van der Waals surface area contributed by atoms with Crippen LogP contribution in [0.2, 0.25) is 0 Å². The van der Waals surface area contributed by atoms with E-state index in [0.29, 0.717) is 18.5 Å². The minimum Gasteiger partial charge on any atom is -0.310 e. The van der Waals surface area contributed by atoms with E-state index in [2.05, 4.69) is 42.7 Å². The Labute approximate surface area is 165 Å². The van der Waals surface area contributed by atoms with Gasteiger partial charge in [0.2, 0.25) is 0 Å². The van der Waals surface area contributed by atoms with Crippen molar-refractivity contribution in [2.75, 3.05) is 13.1 Å². The van der Waals surface area contributed by atoms with Gasteiger partial charge in [-0.2, -0.15) is 5.10 Å². The Morgan fingerprint density at radius 2 is 1.86 bits per heavy atom. The molecular formula is C21H27N7. The molecule has 7 nitrogen and oxygen atoms in total. The molecule has 0 unspecified atom stereocenters. The van der Waals surface area contributed by atoms with Gasteiger partial charge in [0.15, 0.2) is 5.82 Å². The van der Waals surface area contributed by atoms with Crippen LogP contribution in [0.4, 0.5) is 0 Å². The average Bonchev–Trinajstić information content (AvgIpc) is 3.26. The van der Waals surface area contributed by atoms with E-state index in [0.717, 1.165) is 38.3 Å². The second kappa shape index (κ2) is 7.47. The maximum atomic E-state index is 4.65. The van der Waals surface area contributed by atoms with Gasteiger partial charge in [0.1, 0.15) is 12.4 Å². The molecule has 0 bridgehead atoms. The van der Waals surface area contributed by atoms with Gasteiger partial charge in [0, 0.05) is 37.1 Å². The molecule has 0 spiro atoms. The molecule has 0 amide bonds. The Morgan fingerprint density at radius 1 is 1.00 bits per heavy atom. The van der Waals surface area contributed by atoms with Gasteiger partial charge in [0.25, 0.3) is 0 Å². The lowest BCUT2D eigenvalue weighted by Crippen LogP contribution is -2.33. The van der Waals surface area contributed by atoms with E-state index in [1.807, 2.05) is 35.4 Å². The third-order valence-corrected chi connectivity index (χ3v) is 6.01. The third-order valence-electron chi connectivity index (χ3n) is 6.01. The first-order valence-corrected chi connectivity index (χ1v) is 10.3. The molecular weight excluding hydrogens is 350 g/mol. The summed E-state index contributed by atoms with van der Waals surface area (Å²) in [6.07, 6.45) is 10.5. The highest BCUT2D eigenvalue weighted by Crippen LogP contribution is 2.40. The molecule has 2 aliphatic rings. The third kappa shape index (κ3) is 3.58. The van der Waals surface area contributed by atoms with E-state index in [1.165, 1.54) is 29.9 Å². The molecule has 1 saturated heterocycles. The number of pyridine rings is 1. The van der Waals surface area contributed by atoms with Crippen LogP contribution in [0.3, 0.4) is 0 Å². The van der Waals surface area contributed by atoms with Crippen LogP contribution in [-0.2, 0) is 13.1 Å². The SMILES string of the molecule is Cc1cccnc1CN1CCC(c2nnc(Cn3cccn3)n2C2CC2)CC1. The number of rotatable bonds is 6. The number of aryl methyl sites for hydroxylation is 1. The molecule has 2 fully saturated rings. The van der Waals surface area contributed by atoms with Crippen molar-refractivity contribution < 1.29 is 0 Å². The molecule has 3 aromatic heterocycles. The van der Waals surface area contributed by atoms with Gasteiger partial charge in [-0.05, 0) is 63.4 Å². The van der Waals surface area contributed by atoms with E-state index >= 15 is 0 Å². The number of nitrogens with zero attached hydrogens (tertiary/aromatic N) is 7. The smallest absolute Gasteiger partial charge is 0.155 e. The first-order chi connectivity index (χ1) is 13.8. The van der Waals surface area contributed by atoms with Crippen LogP contribution in [0.5, 0.6) is 0 Å². The lowest BCUT2D eigenvalue weighted by atomic mass is 9.95. The normalized spacial score (nSPS) is 18.6. The molecule has 3 aromatic rings. The van der Waals surface area contributed by atoms with Crippen molar-refractivity contribution in [1.29, 1.82) is 0 Å². The Balaban J connectivity index is 1.27. The zero-order chi connectivity index (χ0) is 18.9. The van der Waals surface area contributed by atoms with Crippen molar-refractivity contribution >= 4 is 0 Å². The average molecular weight is 377 g/mol. The molecule has 0 radical (unpaired) electrons. The van der Waals surface area contributed by atoms with Crippen molar-refractivity contribution in [1.82, 2.24) is 34.4 Å². The Bertz CT molecular complexity index is 918. The molecule has 0 atom stereocenters. The largest absolute Gasteiger partial charge is 0.310 e. The number of hydrogen-bond donors (Lipinski definition) is 0. The van der Waals surface area contributed by atoms with E-state index in [1.54, 1.807) is 0 Å². The lowest BCUT2D eigenvalue weighted by molar-refractivity contribution is 0.197. The number of likely N-dealkylation sites (tertiary alicyclic amines) is 1.